The molecule has 0 radical (unpaired) electrons. The number of oxime groups is 1. The van der Waals surface area contributed by atoms with Gasteiger partial charge in [-0.1, -0.05) is 5.16 Å². The Balaban J connectivity index is 2.34. The Morgan fingerprint density at radius 2 is 2.36 bits per heavy atom. The third-order valence-corrected chi connectivity index (χ3v) is 3.30. The third kappa shape index (κ3) is 2.81. The lowest BCUT2D eigenvalue weighted by molar-refractivity contribution is -0.0861. The molecule has 0 amide bonds. The van der Waals surface area contributed by atoms with Crippen LogP contribution in [-0.4, -0.2) is 62.1 Å². The summed E-state index contributed by atoms with van der Waals surface area (Å²) in [6.45, 7) is 1.31. The molecule has 1 fully saturated rings. The molecule has 0 saturated carbocycles. The molecule has 0 unspecified atom stereocenters. The standard InChI is InChI=1S/C12H18N4O6/c1-2-21-14-5-12(6-17)9(19)8(18)10(22-12)16-4-3-7(13)15-11(16)20/h3-5,8-10,17-19H,2,6H2,1H3,(H2,13,15,20)/b14-5+/t8-,9+,10-,12-/m1/s1. The monoisotopic (exact) mass is 314 g/mol. The minimum Gasteiger partial charge on any atom is -0.396 e. The summed E-state index contributed by atoms with van der Waals surface area (Å²) in [5.41, 5.74) is 2.94. The lowest BCUT2D eigenvalue weighted by atomic mass is 9.97. The fourth-order valence-corrected chi connectivity index (χ4v) is 2.13. The highest BCUT2D eigenvalue weighted by Crippen LogP contribution is 2.35. The fraction of sp³-hybridized carbons (Fsp3) is 0.583. The third-order valence-electron chi connectivity index (χ3n) is 3.30. The number of nitrogen functional groups attached to an aromatic ring is 1. The molecule has 1 aliphatic heterocycles. The van der Waals surface area contributed by atoms with Gasteiger partial charge in [0.25, 0.3) is 0 Å². The smallest absolute Gasteiger partial charge is 0.351 e. The molecule has 1 aromatic rings. The molecule has 122 valence electrons. The van der Waals surface area contributed by atoms with Crippen LogP contribution in [0.1, 0.15) is 13.2 Å². The van der Waals surface area contributed by atoms with Gasteiger partial charge >= 0.3 is 5.69 Å². The maximum atomic E-state index is 11.8. The lowest BCUT2D eigenvalue weighted by Gasteiger charge is -2.24. The Bertz CT molecular complexity index is 606. The Morgan fingerprint density at radius 3 is 2.95 bits per heavy atom. The van der Waals surface area contributed by atoms with Crippen LogP contribution in [0.15, 0.2) is 22.2 Å². The van der Waals surface area contributed by atoms with E-state index in [2.05, 4.69) is 10.1 Å². The zero-order chi connectivity index (χ0) is 16.3. The molecule has 4 atom stereocenters. The Labute approximate surface area is 125 Å². The normalized spacial score (nSPS) is 31.7. The number of ether oxygens (including phenoxy) is 1. The second kappa shape index (κ2) is 6.40. The van der Waals surface area contributed by atoms with Gasteiger partial charge in [-0.25, -0.2) is 4.79 Å². The Kier molecular flexibility index (Phi) is 4.76. The highest BCUT2D eigenvalue weighted by atomic mass is 16.6. The summed E-state index contributed by atoms with van der Waals surface area (Å²) in [7, 11) is 0. The molecule has 1 aromatic heterocycles. The number of aromatic nitrogens is 2. The van der Waals surface area contributed by atoms with Gasteiger partial charge in [-0.15, -0.1) is 0 Å². The van der Waals surface area contributed by atoms with Crippen LogP contribution < -0.4 is 11.4 Å². The molecule has 0 aliphatic carbocycles. The van der Waals surface area contributed by atoms with Crippen LogP contribution in [0.25, 0.3) is 0 Å². The van der Waals surface area contributed by atoms with Crippen molar-refractivity contribution in [1.82, 2.24) is 9.55 Å². The van der Waals surface area contributed by atoms with Crippen molar-refractivity contribution >= 4 is 12.0 Å². The first-order valence-corrected chi connectivity index (χ1v) is 6.61. The van der Waals surface area contributed by atoms with Gasteiger partial charge in [0.05, 0.1) is 12.8 Å². The average molecular weight is 314 g/mol. The van der Waals surface area contributed by atoms with E-state index in [4.69, 9.17) is 15.3 Å². The summed E-state index contributed by atoms with van der Waals surface area (Å²) in [6, 6.07) is 1.34. The molecule has 22 heavy (non-hydrogen) atoms. The van der Waals surface area contributed by atoms with E-state index in [9.17, 15) is 20.1 Å². The van der Waals surface area contributed by atoms with Gasteiger partial charge in [0.1, 0.15) is 24.6 Å². The predicted octanol–water partition coefficient (Wildman–Crippen LogP) is -2.17. The minimum atomic E-state index is -1.69. The highest BCUT2D eigenvalue weighted by molar-refractivity contribution is 5.70. The van der Waals surface area contributed by atoms with Crippen molar-refractivity contribution < 1.29 is 24.9 Å². The van der Waals surface area contributed by atoms with Gasteiger partial charge in [0.15, 0.2) is 11.8 Å². The largest absolute Gasteiger partial charge is 0.396 e. The maximum absolute atomic E-state index is 11.8. The summed E-state index contributed by atoms with van der Waals surface area (Å²) in [6.07, 6.45) is -1.92. The zero-order valence-electron chi connectivity index (χ0n) is 11.9. The minimum absolute atomic E-state index is 0.0145. The second-order valence-electron chi connectivity index (χ2n) is 4.75. The van der Waals surface area contributed by atoms with Crippen LogP contribution in [0, 0.1) is 0 Å². The Morgan fingerprint density at radius 1 is 1.64 bits per heavy atom. The molecule has 1 saturated heterocycles. The molecular formula is C12H18N4O6. The van der Waals surface area contributed by atoms with Crippen molar-refractivity contribution in [1.29, 1.82) is 0 Å². The summed E-state index contributed by atoms with van der Waals surface area (Å²) in [5.74, 6) is 0.0145. The van der Waals surface area contributed by atoms with Gasteiger partial charge in [-0.2, -0.15) is 4.98 Å². The highest BCUT2D eigenvalue weighted by Gasteiger charge is 2.54. The lowest BCUT2D eigenvalue weighted by Crippen LogP contribution is -2.47. The van der Waals surface area contributed by atoms with E-state index in [1.165, 1.54) is 12.3 Å². The number of aliphatic hydroxyl groups is 3. The van der Waals surface area contributed by atoms with Crippen molar-refractivity contribution in [2.24, 2.45) is 5.16 Å². The first-order valence-electron chi connectivity index (χ1n) is 6.61. The molecule has 0 bridgehead atoms. The molecule has 10 heteroatoms. The van der Waals surface area contributed by atoms with Gasteiger partial charge in [0.2, 0.25) is 0 Å². The number of hydrogen-bond acceptors (Lipinski definition) is 9. The van der Waals surface area contributed by atoms with E-state index in [1.807, 2.05) is 0 Å². The summed E-state index contributed by atoms with van der Waals surface area (Å²) < 4.78 is 6.45. The molecular weight excluding hydrogens is 296 g/mol. The SMILES string of the molecule is CCO/N=C/[C@]1(CO)O[C@@H](n2ccc(N)nc2=O)[C@H](O)[C@@H]1O. The van der Waals surface area contributed by atoms with Gasteiger partial charge in [-0.05, 0) is 13.0 Å². The van der Waals surface area contributed by atoms with Gasteiger partial charge in [-0.3, -0.25) is 4.57 Å². The Hall–Kier alpha value is -2.01. The fourth-order valence-electron chi connectivity index (χ4n) is 2.13. The quantitative estimate of drug-likeness (QED) is 0.354. The topological polar surface area (TPSA) is 152 Å². The first kappa shape index (κ1) is 16.4. The van der Waals surface area contributed by atoms with Gasteiger partial charge < -0.3 is 30.6 Å². The molecule has 2 heterocycles. The van der Waals surface area contributed by atoms with E-state index in [0.717, 1.165) is 10.8 Å². The molecule has 5 N–H and O–H groups in total. The van der Waals surface area contributed by atoms with Crippen LogP contribution in [0.3, 0.4) is 0 Å². The molecule has 10 nitrogen and oxygen atoms in total. The van der Waals surface area contributed by atoms with Gasteiger partial charge in [0, 0.05) is 6.20 Å². The number of rotatable bonds is 5. The molecule has 0 aromatic carbocycles. The van der Waals surface area contributed by atoms with Crippen LogP contribution in [-0.2, 0) is 9.57 Å². The van der Waals surface area contributed by atoms with E-state index in [0.29, 0.717) is 0 Å². The van der Waals surface area contributed by atoms with Crippen LogP contribution in [0.4, 0.5) is 5.82 Å². The molecule has 0 spiro atoms. The number of aliphatic hydroxyl groups excluding tert-OH is 3. The number of nitrogens with two attached hydrogens (primary N) is 1. The number of hydrogen-bond donors (Lipinski definition) is 4. The summed E-state index contributed by atoms with van der Waals surface area (Å²) >= 11 is 0. The zero-order valence-corrected chi connectivity index (χ0v) is 11.9. The van der Waals surface area contributed by atoms with Crippen LogP contribution >= 0.6 is 0 Å². The van der Waals surface area contributed by atoms with Crippen molar-refractivity contribution in [3.63, 3.8) is 0 Å². The van der Waals surface area contributed by atoms with Crippen LogP contribution in [0.2, 0.25) is 0 Å². The summed E-state index contributed by atoms with van der Waals surface area (Å²) in [5, 5.41) is 33.3. The predicted molar refractivity (Wildman–Crippen MR) is 75.0 cm³/mol. The van der Waals surface area contributed by atoms with Crippen molar-refractivity contribution in [2.45, 2.75) is 31.0 Å². The number of nitrogens with zero attached hydrogens (tertiary/aromatic N) is 3. The maximum Gasteiger partial charge on any atom is 0.351 e. The van der Waals surface area contributed by atoms with Crippen molar-refractivity contribution in [3.05, 3.63) is 22.7 Å². The molecule has 2 rings (SSSR count). The first-order chi connectivity index (χ1) is 10.4. The number of anilines is 1. The van der Waals surface area contributed by atoms with E-state index in [-0.39, 0.29) is 12.4 Å². The second-order valence-corrected chi connectivity index (χ2v) is 4.75. The van der Waals surface area contributed by atoms with Crippen LogP contribution in [0.5, 0.6) is 0 Å². The molecule has 1 aliphatic rings. The van der Waals surface area contributed by atoms with E-state index in [1.54, 1.807) is 6.92 Å². The summed E-state index contributed by atoms with van der Waals surface area (Å²) in [4.78, 5) is 20.1. The van der Waals surface area contributed by atoms with Crippen molar-refractivity contribution in [2.75, 3.05) is 18.9 Å². The van der Waals surface area contributed by atoms with E-state index < -0.39 is 36.3 Å². The van der Waals surface area contributed by atoms with E-state index >= 15 is 0 Å². The average Bonchev–Trinajstić information content (AvgIpc) is 2.73. The van der Waals surface area contributed by atoms with Crippen molar-refractivity contribution in [3.8, 4) is 0 Å².